The molecular weight excluding hydrogens is 260 g/mol. The monoisotopic (exact) mass is 270 g/mol. The van der Waals surface area contributed by atoms with Crippen LogP contribution in [0.1, 0.15) is 0 Å². The average molecular weight is 270 g/mol. The Labute approximate surface area is 112 Å². The zero-order valence-electron chi connectivity index (χ0n) is 9.91. The minimum atomic E-state index is -1.52. The summed E-state index contributed by atoms with van der Waals surface area (Å²) in [5.74, 6) is 0. The molecule has 94 valence electrons. The molecule has 0 amide bonds. The van der Waals surface area contributed by atoms with Gasteiger partial charge in [0.05, 0.1) is 5.39 Å². The van der Waals surface area contributed by atoms with Crippen molar-refractivity contribution < 1.29 is 8.97 Å². The van der Waals surface area contributed by atoms with Crippen molar-refractivity contribution in [3.05, 3.63) is 71.1 Å². The summed E-state index contributed by atoms with van der Waals surface area (Å²) in [6.45, 7) is 0. The summed E-state index contributed by atoms with van der Waals surface area (Å²) in [4.78, 5) is 13.0. The van der Waals surface area contributed by atoms with Crippen molar-refractivity contribution in [2.45, 2.75) is 9.79 Å². The molecule has 1 unspecified atom stereocenters. The van der Waals surface area contributed by atoms with Gasteiger partial charge in [-0.15, -0.1) is 0 Å². The van der Waals surface area contributed by atoms with Crippen LogP contribution in [0, 0.1) is 0 Å². The third kappa shape index (κ3) is 2.16. The smallest absolute Gasteiger partial charge is 0.247 e. The van der Waals surface area contributed by atoms with E-state index in [0.717, 1.165) is 0 Å². The number of benzene rings is 2. The molecule has 0 saturated heterocycles. The molecule has 1 heterocycles. The summed E-state index contributed by atoms with van der Waals surface area (Å²) in [5.41, 5.74) is 0.255. The number of rotatable bonds is 2. The molecule has 0 aliphatic carbocycles. The van der Waals surface area contributed by atoms with E-state index in [1.807, 2.05) is 6.07 Å². The molecular formula is C15H10O3S. The number of para-hydroxylation sites is 1. The SMILES string of the molecule is O=c1c([S+]([O-])c2ccccc2)coc2ccccc12. The molecule has 0 aliphatic heterocycles. The first kappa shape index (κ1) is 12.0. The van der Waals surface area contributed by atoms with Gasteiger partial charge in [0.2, 0.25) is 10.3 Å². The van der Waals surface area contributed by atoms with E-state index in [-0.39, 0.29) is 10.3 Å². The fourth-order valence-electron chi connectivity index (χ4n) is 1.86. The van der Waals surface area contributed by atoms with Crippen LogP contribution in [0.4, 0.5) is 0 Å². The molecule has 0 aliphatic rings. The third-order valence-corrected chi connectivity index (χ3v) is 4.19. The van der Waals surface area contributed by atoms with Gasteiger partial charge in [-0.25, -0.2) is 0 Å². The van der Waals surface area contributed by atoms with Crippen molar-refractivity contribution in [1.29, 1.82) is 0 Å². The van der Waals surface area contributed by atoms with Crippen LogP contribution in [0.25, 0.3) is 11.0 Å². The van der Waals surface area contributed by atoms with E-state index in [9.17, 15) is 9.35 Å². The van der Waals surface area contributed by atoms with Crippen molar-refractivity contribution in [2.75, 3.05) is 0 Å². The van der Waals surface area contributed by atoms with E-state index >= 15 is 0 Å². The second-order valence-electron chi connectivity index (χ2n) is 4.01. The second kappa shape index (κ2) is 4.91. The van der Waals surface area contributed by atoms with E-state index in [0.29, 0.717) is 15.9 Å². The second-order valence-corrected chi connectivity index (χ2v) is 5.46. The Bertz CT molecular complexity index is 765. The topological polar surface area (TPSA) is 53.3 Å². The maximum absolute atomic E-state index is 12.4. The zero-order valence-corrected chi connectivity index (χ0v) is 10.7. The van der Waals surface area contributed by atoms with Crippen LogP contribution in [0.2, 0.25) is 0 Å². The van der Waals surface area contributed by atoms with Gasteiger partial charge < -0.3 is 8.97 Å². The van der Waals surface area contributed by atoms with Crippen LogP contribution in [-0.4, -0.2) is 4.55 Å². The van der Waals surface area contributed by atoms with Crippen molar-refractivity contribution in [1.82, 2.24) is 0 Å². The summed E-state index contributed by atoms with van der Waals surface area (Å²) in [5, 5.41) is 0.448. The van der Waals surface area contributed by atoms with Crippen LogP contribution in [0.5, 0.6) is 0 Å². The Morgan fingerprint density at radius 2 is 1.63 bits per heavy atom. The first-order chi connectivity index (χ1) is 9.27. The fourth-order valence-corrected chi connectivity index (χ4v) is 2.93. The molecule has 3 aromatic rings. The molecule has 0 N–H and O–H groups in total. The first-order valence-corrected chi connectivity index (χ1v) is 6.90. The quantitative estimate of drug-likeness (QED) is 0.673. The lowest BCUT2D eigenvalue weighted by Gasteiger charge is -2.08. The standard InChI is InChI=1S/C15H10O3S/c16-15-12-8-4-5-9-13(12)18-10-14(15)19(17)11-6-2-1-3-7-11/h1-10H. The fraction of sp³-hybridized carbons (Fsp3) is 0. The largest absolute Gasteiger partial charge is 0.606 e. The van der Waals surface area contributed by atoms with Crippen LogP contribution < -0.4 is 5.43 Å². The normalized spacial score (nSPS) is 12.5. The van der Waals surface area contributed by atoms with Gasteiger partial charge in [-0.3, -0.25) is 4.79 Å². The summed E-state index contributed by atoms with van der Waals surface area (Å²) in [6.07, 6.45) is 1.29. The lowest BCUT2D eigenvalue weighted by atomic mass is 10.2. The highest BCUT2D eigenvalue weighted by Gasteiger charge is 2.20. The predicted octanol–water partition coefficient (Wildman–Crippen LogP) is 2.96. The van der Waals surface area contributed by atoms with E-state index in [2.05, 4.69) is 0 Å². The summed E-state index contributed by atoms with van der Waals surface area (Å²) in [6, 6.07) is 15.8. The van der Waals surface area contributed by atoms with Crippen molar-refractivity contribution in [3.63, 3.8) is 0 Å². The maximum atomic E-state index is 12.4. The lowest BCUT2D eigenvalue weighted by Crippen LogP contribution is -2.15. The van der Waals surface area contributed by atoms with Gasteiger partial charge in [0.1, 0.15) is 5.58 Å². The molecule has 0 radical (unpaired) electrons. The molecule has 1 atom stereocenters. The molecule has 0 spiro atoms. The van der Waals surface area contributed by atoms with Crippen molar-refractivity contribution >= 4 is 22.1 Å². The number of fused-ring (bicyclic) bond motifs is 1. The molecule has 0 fully saturated rings. The van der Waals surface area contributed by atoms with Gasteiger partial charge in [0.25, 0.3) is 0 Å². The van der Waals surface area contributed by atoms with Crippen LogP contribution in [-0.2, 0) is 11.2 Å². The van der Waals surface area contributed by atoms with Gasteiger partial charge in [-0.05, 0) is 24.3 Å². The zero-order chi connectivity index (χ0) is 13.2. The van der Waals surface area contributed by atoms with Crippen LogP contribution >= 0.6 is 0 Å². The van der Waals surface area contributed by atoms with E-state index in [4.69, 9.17) is 4.42 Å². The van der Waals surface area contributed by atoms with Gasteiger partial charge in [0, 0.05) is 11.2 Å². The van der Waals surface area contributed by atoms with Gasteiger partial charge in [-0.1, -0.05) is 30.3 Å². The Hall–Kier alpha value is -2.04. The highest BCUT2D eigenvalue weighted by atomic mass is 32.2. The van der Waals surface area contributed by atoms with E-state index in [1.54, 1.807) is 48.5 Å². The highest BCUT2D eigenvalue weighted by Crippen LogP contribution is 2.20. The van der Waals surface area contributed by atoms with Crippen molar-refractivity contribution in [2.24, 2.45) is 0 Å². The van der Waals surface area contributed by atoms with Gasteiger partial charge in [0.15, 0.2) is 11.2 Å². The molecule has 0 saturated carbocycles. The highest BCUT2D eigenvalue weighted by molar-refractivity contribution is 7.91. The first-order valence-electron chi connectivity index (χ1n) is 5.75. The average Bonchev–Trinajstić information content (AvgIpc) is 2.48. The minimum absolute atomic E-state index is 0.171. The lowest BCUT2D eigenvalue weighted by molar-refractivity contribution is 0.565. The summed E-state index contributed by atoms with van der Waals surface area (Å²) < 4.78 is 17.7. The molecule has 19 heavy (non-hydrogen) atoms. The Kier molecular flexibility index (Phi) is 3.11. The predicted molar refractivity (Wildman–Crippen MR) is 73.6 cm³/mol. The van der Waals surface area contributed by atoms with Crippen molar-refractivity contribution in [3.8, 4) is 0 Å². The maximum Gasteiger partial charge on any atom is 0.247 e. The molecule has 0 bridgehead atoms. The number of hydrogen-bond donors (Lipinski definition) is 0. The molecule has 4 heteroatoms. The van der Waals surface area contributed by atoms with E-state index in [1.165, 1.54) is 6.26 Å². The van der Waals surface area contributed by atoms with Gasteiger partial charge in [-0.2, -0.15) is 0 Å². The molecule has 3 nitrogen and oxygen atoms in total. The number of hydrogen-bond acceptors (Lipinski definition) is 3. The molecule has 3 rings (SSSR count). The van der Waals surface area contributed by atoms with E-state index < -0.39 is 11.2 Å². The van der Waals surface area contributed by atoms with Crippen LogP contribution in [0.3, 0.4) is 0 Å². The summed E-state index contributed by atoms with van der Waals surface area (Å²) >= 11 is -1.52. The minimum Gasteiger partial charge on any atom is -0.606 e. The Morgan fingerprint density at radius 3 is 2.42 bits per heavy atom. The summed E-state index contributed by atoms with van der Waals surface area (Å²) in [7, 11) is 0. The Balaban J connectivity index is 2.16. The Morgan fingerprint density at radius 1 is 0.947 bits per heavy atom. The molecule has 2 aromatic carbocycles. The van der Waals surface area contributed by atoms with Crippen LogP contribution in [0.15, 0.2) is 79.9 Å². The molecule has 1 aromatic heterocycles. The van der Waals surface area contributed by atoms with Gasteiger partial charge >= 0.3 is 0 Å². The third-order valence-electron chi connectivity index (χ3n) is 2.81.